The normalized spacial score (nSPS) is 15.1. The fourth-order valence-corrected chi connectivity index (χ4v) is 4.41. The van der Waals surface area contributed by atoms with E-state index in [0.717, 1.165) is 11.1 Å². The van der Waals surface area contributed by atoms with Crippen LogP contribution in [0.15, 0.2) is 95.9 Å². The van der Waals surface area contributed by atoms with Gasteiger partial charge in [-0.15, -0.1) is 12.4 Å². The van der Waals surface area contributed by atoms with E-state index in [-0.39, 0.29) is 35.8 Å². The molecule has 2 N–H and O–H groups in total. The van der Waals surface area contributed by atoms with Gasteiger partial charge in [-0.05, 0) is 36.6 Å². The number of ether oxygens (including phenoxy) is 1. The number of dihydropyridines is 1. The van der Waals surface area contributed by atoms with Gasteiger partial charge in [-0.2, -0.15) is 0 Å². The number of hydrogen-bond donors (Lipinski definition) is 2. The third kappa shape index (κ3) is 6.79. The number of nitro benzene ring substituents is 1. The lowest BCUT2D eigenvalue weighted by Crippen LogP contribution is -2.31. The number of non-ortho nitro benzene ring substituents is 1. The van der Waals surface area contributed by atoms with E-state index in [1.165, 1.54) is 18.2 Å². The van der Waals surface area contributed by atoms with Crippen molar-refractivity contribution in [3.63, 3.8) is 0 Å². The molecule has 0 saturated carbocycles. The standard InChI is InChI=1S/C28H26N4O6.ClH/c1-18-24(27(33)34)26(22-6-3-7-23(15-22)32(36)37)25(19(2)30-18)28(35)38-14-4-5-20-8-10-21(11-9-20)16-31-13-12-29-17-31;/h3-13,15,17,26,30H,14,16H2,1-2H3,(H,33,34);1H. The molecule has 10 nitrogen and oxygen atoms in total. The molecule has 2 heterocycles. The minimum Gasteiger partial charge on any atom is -0.478 e. The van der Waals surface area contributed by atoms with Crippen molar-refractivity contribution in [1.29, 1.82) is 0 Å². The second-order valence-electron chi connectivity index (χ2n) is 8.77. The predicted molar refractivity (Wildman–Crippen MR) is 147 cm³/mol. The number of nitrogens with zero attached hydrogens (tertiary/aromatic N) is 3. The molecule has 11 heteroatoms. The minimum absolute atomic E-state index is 0. The van der Waals surface area contributed by atoms with E-state index in [2.05, 4.69) is 10.3 Å². The molecule has 1 unspecified atom stereocenters. The zero-order valence-corrected chi connectivity index (χ0v) is 22.1. The van der Waals surface area contributed by atoms with Crippen molar-refractivity contribution in [3.05, 3.63) is 123 Å². The number of carboxylic acid groups (broad SMARTS) is 1. The molecule has 3 aromatic rings. The summed E-state index contributed by atoms with van der Waals surface area (Å²) in [6.07, 6.45) is 8.88. The fraction of sp³-hybridized carbons (Fsp3) is 0.179. The molecule has 202 valence electrons. The Morgan fingerprint density at radius 2 is 1.87 bits per heavy atom. The van der Waals surface area contributed by atoms with Crippen LogP contribution < -0.4 is 5.32 Å². The Morgan fingerprint density at radius 3 is 2.51 bits per heavy atom. The van der Waals surface area contributed by atoms with Crippen molar-refractivity contribution in [2.75, 3.05) is 6.61 Å². The van der Waals surface area contributed by atoms with E-state index in [0.29, 0.717) is 23.5 Å². The first-order valence-corrected chi connectivity index (χ1v) is 11.8. The average molecular weight is 551 g/mol. The number of hydrogen-bond acceptors (Lipinski definition) is 7. The van der Waals surface area contributed by atoms with Crippen LogP contribution in [-0.4, -0.2) is 38.1 Å². The van der Waals surface area contributed by atoms with Crippen molar-refractivity contribution in [2.45, 2.75) is 26.3 Å². The highest BCUT2D eigenvalue weighted by atomic mass is 35.5. The Morgan fingerprint density at radius 1 is 1.15 bits per heavy atom. The van der Waals surface area contributed by atoms with Crippen LogP contribution >= 0.6 is 12.4 Å². The molecule has 0 fully saturated rings. The number of nitrogens with one attached hydrogen (secondary N) is 1. The van der Waals surface area contributed by atoms with Gasteiger partial charge in [0.2, 0.25) is 0 Å². The van der Waals surface area contributed by atoms with Gasteiger partial charge < -0.3 is 19.7 Å². The topological polar surface area (TPSA) is 137 Å². The third-order valence-electron chi connectivity index (χ3n) is 6.15. The summed E-state index contributed by atoms with van der Waals surface area (Å²) in [6, 6.07) is 13.5. The van der Waals surface area contributed by atoms with Gasteiger partial charge >= 0.3 is 11.9 Å². The quantitative estimate of drug-likeness (QED) is 0.219. The number of nitro groups is 1. The lowest BCUT2D eigenvalue weighted by Gasteiger charge is -2.29. The highest BCUT2D eigenvalue weighted by Crippen LogP contribution is 2.39. The summed E-state index contributed by atoms with van der Waals surface area (Å²) >= 11 is 0. The summed E-state index contributed by atoms with van der Waals surface area (Å²) in [7, 11) is 0. The molecular weight excluding hydrogens is 524 g/mol. The number of carbonyl (C=O) groups excluding carboxylic acids is 1. The SMILES string of the molecule is CC1=C(C(=O)O)C(c2cccc([N+](=O)[O-])c2)C(C(=O)OCC=Cc2ccc(Cn3ccnc3)cc2)=C(C)N1.Cl. The lowest BCUT2D eigenvalue weighted by molar-refractivity contribution is -0.384. The van der Waals surface area contributed by atoms with E-state index in [9.17, 15) is 24.8 Å². The Kier molecular flexibility index (Phi) is 9.40. The molecule has 1 aliphatic rings. The lowest BCUT2D eigenvalue weighted by atomic mass is 9.80. The summed E-state index contributed by atoms with van der Waals surface area (Å²) in [6.45, 7) is 3.90. The molecule has 0 aliphatic carbocycles. The molecule has 0 spiro atoms. The van der Waals surface area contributed by atoms with Crippen molar-refractivity contribution in [1.82, 2.24) is 14.9 Å². The summed E-state index contributed by atoms with van der Waals surface area (Å²) in [5.41, 5.74) is 2.93. The zero-order valence-electron chi connectivity index (χ0n) is 21.2. The maximum Gasteiger partial charge on any atom is 0.337 e. The maximum atomic E-state index is 13.2. The molecule has 0 bridgehead atoms. The zero-order chi connectivity index (χ0) is 27.2. The van der Waals surface area contributed by atoms with Gasteiger partial charge in [0.15, 0.2) is 0 Å². The van der Waals surface area contributed by atoms with Crippen LogP contribution in [0, 0.1) is 10.1 Å². The van der Waals surface area contributed by atoms with Crippen LogP contribution in [0.25, 0.3) is 6.08 Å². The van der Waals surface area contributed by atoms with E-state index in [1.54, 1.807) is 38.5 Å². The fourth-order valence-electron chi connectivity index (χ4n) is 4.41. The maximum absolute atomic E-state index is 13.2. The number of aliphatic carboxylic acids is 1. The minimum atomic E-state index is -1.24. The van der Waals surface area contributed by atoms with Crippen molar-refractivity contribution in [2.24, 2.45) is 0 Å². The van der Waals surface area contributed by atoms with Gasteiger partial charge in [0, 0.05) is 42.5 Å². The smallest absolute Gasteiger partial charge is 0.337 e. The average Bonchev–Trinajstić information content (AvgIpc) is 3.40. The number of imidazole rings is 1. The van der Waals surface area contributed by atoms with E-state index in [4.69, 9.17) is 4.74 Å². The van der Waals surface area contributed by atoms with Gasteiger partial charge in [-0.3, -0.25) is 10.1 Å². The number of carbonyl (C=O) groups is 2. The molecule has 1 aliphatic heterocycles. The molecule has 2 aromatic carbocycles. The van der Waals surface area contributed by atoms with Crippen molar-refractivity contribution in [3.8, 4) is 0 Å². The second kappa shape index (κ2) is 12.7. The number of allylic oxidation sites excluding steroid dienone is 2. The van der Waals surface area contributed by atoms with Crippen molar-refractivity contribution < 1.29 is 24.4 Å². The molecule has 4 rings (SSSR count). The monoisotopic (exact) mass is 550 g/mol. The first kappa shape index (κ1) is 28.9. The molecular formula is C28H27ClN4O6. The van der Waals surface area contributed by atoms with Crippen molar-refractivity contribution >= 4 is 36.1 Å². The Balaban J connectivity index is 0.00000420. The molecule has 1 aromatic heterocycles. The van der Waals surface area contributed by atoms with Gasteiger partial charge in [-0.25, -0.2) is 14.6 Å². The summed E-state index contributed by atoms with van der Waals surface area (Å²) < 4.78 is 7.44. The van der Waals surface area contributed by atoms with Gasteiger partial charge in [0.05, 0.1) is 28.3 Å². The number of rotatable bonds is 9. The first-order valence-electron chi connectivity index (χ1n) is 11.8. The number of aromatic nitrogens is 2. The summed E-state index contributed by atoms with van der Waals surface area (Å²) in [5, 5.41) is 24.2. The molecule has 0 radical (unpaired) electrons. The van der Waals surface area contributed by atoms with Crippen LogP contribution in [0.5, 0.6) is 0 Å². The van der Waals surface area contributed by atoms with E-state index in [1.807, 2.05) is 41.1 Å². The Hall–Kier alpha value is -4.70. The number of benzene rings is 2. The summed E-state index contributed by atoms with van der Waals surface area (Å²) in [4.78, 5) is 40.1. The number of esters is 1. The highest BCUT2D eigenvalue weighted by Gasteiger charge is 2.37. The van der Waals surface area contributed by atoms with E-state index >= 15 is 0 Å². The second-order valence-corrected chi connectivity index (χ2v) is 8.77. The molecule has 1 atom stereocenters. The predicted octanol–water partition coefficient (Wildman–Crippen LogP) is 4.84. The third-order valence-corrected chi connectivity index (χ3v) is 6.15. The van der Waals surface area contributed by atoms with Gasteiger partial charge in [-0.1, -0.05) is 42.5 Å². The van der Waals surface area contributed by atoms with Crippen LogP contribution in [-0.2, 0) is 20.9 Å². The number of halogens is 1. The van der Waals surface area contributed by atoms with Gasteiger partial charge in [0.25, 0.3) is 5.69 Å². The molecule has 0 amide bonds. The van der Waals surface area contributed by atoms with Crippen LogP contribution in [0.4, 0.5) is 5.69 Å². The Labute approximate surface area is 230 Å². The van der Waals surface area contributed by atoms with Crippen LogP contribution in [0.3, 0.4) is 0 Å². The first-order chi connectivity index (χ1) is 18.2. The molecule has 0 saturated heterocycles. The van der Waals surface area contributed by atoms with Gasteiger partial charge in [0.1, 0.15) is 6.61 Å². The van der Waals surface area contributed by atoms with E-state index < -0.39 is 22.8 Å². The highest BCUT2D eigenvalue weighted by molar-refractivity contribution is 5.99. The molecule has 39 heavy (non-hydrogen) atoms. The van der Waals surface area contributed by atoms with Crippen LogP contribution in [0.1, 0.15) is 36.5 Å². The summed E-state index contributed by atoms with van der Waals surface area (Å²) in [5.74, 6) is -2.98. The number of carboxylic acids is 1. The Bertz CT molecular complexity index is 1460. The largest absolute Gasteiger partial charge is 0.478 e. The van der Waals surface area contributed by atoms with Crippen LogP contribution in [0.2, 0.25) is 0 Å².